The largest absolute Gasteiger partial charge is 0.384 e. The minimum atomic E-state index is 0.337. The molecule has 0 bridgehead atoms. The van der Waals surface area contributed by atoms with Gasteiger partial charge in [-0.15, -0.1) is 0 Å². The number of nitrogens with two attached hydrogens (primary N) is 2. The predicted molar refractivity (Wildman–Crippen MR) is 46.1 cm³/mol. The van der Waals surface area contributed by atoms with Crippen LogP contribution in [0.4, 0.5) is 0 Å². The lowest BCUT2D eigenvalue weighted by Crippen LogP contribution is -2.21. The van der Waals surface area contributed by atoms with E-state index in [1.165, 1.54) is 0 Å². The van der Waals surface area contributed by atoms with E-state index in [0.717, 1.165) is 6.42 Å². The highest BCUT2D eigenvalue weighted by Crippen LogP contribution is 1.98. The third-order valence-corrected chi connectivity index (χ3v) is 1.26. The number of hydrogen-bond donors (Lipinski definition) is 2. The molecule has 0 aromatic heterocycles. The van der Waals surface area contributed by atoms with Crippen LogP contribution in [0.2, 0.25) is 0 Å². The Morgan fingerprint density at radius 1 is 1.55 bits per heavy atom. The van der Waals surface area contributed by atoms with E-state index >= 15 is 0 Å². The molecule has 0 aliphatic rings. The lowest BCUT2D eigenvalue weighted by molar-refractivity contribution is 0.157. The summed E-state index contributed by atoms with van der Waals surface area (Å²) in [5.41, 5.74) is 5.29. The summed E-state index contributed by atoms with van der Waals surface area (Å²) < 4.78 is 5.16. The van der Waals surface area contributed by atoms with Crippen molar-refractivity contribution in [2.75, 3.05) is 13.2 Å². The SMILES string of the molecule is CC(C)CCOC/C(N)=N/N. The zero-order valence-corrected chi connectivity index (χ0v) is 7.21. The summed E-state index contributed by atoms with van der Waals surface area (Å²) in [6.07, 6.45) is 1.04. The van der Waals surface area contributed by atoms with Gasteiger partial charge in [-0.3, -0.25) is 0 Å². The van der Waals surface area contributed by atoms with E-state index in [1.807, 2.05) is 0 Å². The molecule has 0 saturated heterocycles. The molecule has 0 aliphatic heterocycles. The number of hydrogen-bond acceptors (Lipinski definition) is 3. The Hall–Kier alpha value is -0.770. The van der Waals surface area contributed by atoms with Crippen LogP contribution in [0.3, 0.4) is 0 Å². The molecule has 0 aliphatic carbocycles. The van der Waals surface area contributed by atoms with Crippen molar-refractivity contribution in [3.05, 3.63) is 0 Å². The highest BCUT2D eigenvalue weighted by Gasteiger charge is 1.95. The first-order valence-corrected chi connectivity index (χ1v) is 3.76. The smallest absolute Gasteiger partial charge is 0.145 e. The summed E-state index contributed by atoms with van der Waals surface area (Å²) >= 11 is 0. The third-order valence-electron chi connectivity index (χ3n) is 1.26. The fourth-order valence-corrected chi connectivity index (χ4v) is 0.533. The van der Waals surface area contributed by atoms with E-state index in [2.05, 4.69) is 18.9 Å². The monoisotopic (exact) mass is 159 g/mol. The second kappa shape index (κ2) is 5.97. The molecule has 0 atom stereocenters. The summed E-state index contributed by atoms with van der Waals surface area (Å²) in [5.74, 6) is 5.90. The van der Waals surface area contributed by atoms with Gasteiger partial charge in [0.1, 0.15) is 12.4 Å². The van der Waals surface area contributed by atoms with Gasteiger partial charge in [-0.1, -0.05) is 13.8 Å². The maximum Gasteiger partial charge on any atom is 0.145 e. The molecule has 11 heavy (non-hydrogen) atoms. The number of rotatable bonds is 5. The summed E-state index contributed by atoms with van der Waals surface area (Å²) in [6, 6.07) is 0. The lowest BCUT2D eigenvalue weighted by atomic mass is 10.1. The van der Waals surface area contributed by atoms with Crippen molar-refractivity contribution < 1.29 is 4.74 Å². The van der Waals surface area contributed by atoms with Crippen LogP contribution in [0.25, 0.3) is 0 Å². The maximum absolute atomic E-state index is 5.29. The van der Waals surface area contributed by atoms with Crippen LogP contribution in [-0.4, -0.2) is 19.0 Å². The van der Waals surface area contributed by atoms with Crippen LogP contribution in [0.5, 0.6) is 0 Å². The number of ether oxygens (including phenoxy) is 1. The molecule has 0 aromatic carbocycles. The van der Waals surface area contributed by atoms with Crippen molar-refractivity contribution in [3.8, 4) is 0 Å². The molecule has 4 nitrogen and oxygen atoms in total. The topological polar surface area (TPSA) is 73.6 Å². The highest BCUT2D eigenvalue weighted by molar-refractivity contribution is 5.81. The van der Waals surface area contributed by atoms with Gasteiger partial charge in [0, 0.05) is 6.61 Å². The van der Waals surface area contributed by atoms with Gasteiger partial charge in [-0.25, -0.2) is 0 Å². The Labute approximate surface area is 67.6 Å². The van der Waals surface area contributed by atoms with E-state index in [9.17, 15) is 0 Å². The average Bonchev–Trinajstić information content (AvgIpc) is 1.97. The van der Waals surface area contributed by atoms with Crippen LogP contribution in [-0.2, 0) is 4.74 Å². The van der Waals surface area contributed by atoms with E-state index in [1.54, 1.807) is 0 Å². The Kier molecular flexibility index (Phi) is 5.56. The van der Waals surface area contributed by atoms with Crippen LogP contribution >= 0.6 is 0 Å². The minimum Gasteiger partial charge on any atom is -0.384 e. The van der Waals surface area contributed by atoms with Crippen LogP contribution in [0, 0.1) is 5.92 Å². The van der Waals surface area contributed by atoms with Gasteiger partial charge in [0.25, 0.3) is 0 Å². The highest BCUT2D eigenvalue weighted by atomic mass is 16.5. The Morgan fingerprint density at radius 2 is 2.18 bits per heavy atom. The molecule has 0 rings (SSSR count). The Bertz CT molecular complexity index is 123. The number of nitrogens with zero attached hydrogens (tertiary/aromatic N) is 1. The summed E-state index contributed by atoms with van der Waals surface area (Å²) in [4.78, 5) is 0. The molecule has 0 aromatic rings. The van der Waals surface area contributed by atoms with Gasteiger partial charge in [0.15, 0.2) is 0 Å². The summed E-state index contributed by atoms with van der Waals surface area (Å²) in [6.45, 7) is 5.34. The molecular formula is C7H17N3O. The molecule has 0 spiro atoms. The molecule has 0 unspecified atom stereocenters. The van der Waals surface area contributed by atoms with Gasteiger partial charge >= 0.3 is 0 Å². The standard InChI is InChI=1S/C7H17N3O/c1-6(2)3-4-11-5-7(8)10-9/h6H,3-5,9H2,1-2H3,(H2,8,10). The van der Waals surface area contributed by atoms with Crippen molar-refractivity contribution in [2.45, 2.75) is 20.3 Å². The van der Waals surface area contributed by atoms with Gasteiger partial charge in [-0.2, -0.15) is 5.10 Å². The molecule has 66 valence electrons. The predicted octanol–water partition coefficient (Wildman–Crippen LogP) is 0.280. The third kappa shape index (κ3) is 7.12. The van der Waals surface area contributed by atoms with Crippen molar-refractivity contribution >= 4 is 5.84 Å². The van der Waals surface area contributed by atoms with Crippen molar-refractivity contribution in [3.63, 3.8) is 0 Å². The van der Waals surface area contributed by atoms with Gasteiger partial charge in [-0.05, 0) is 12.3 Å². The molecular weight excluding hydrogens is 142 g/mol. The fraction of sp³-hybridized carbons (Fsp3) is 0.857. The quantitative estimate of drug-likeness (QED) is 0.199. The van der Waals surface area contributed by atoms with Crippen molar-refractivity contribution in [1.29, 1.82) is 0 Å². The summed E-state index contributed by atoms with van der Waals surface area (Å²) in [5, 5.41) is 3.27. The molecule has 0 fully saturated rings. The molecule has 4 heteroatoms. The van der Waals surface area contributed by atoms with Crippen molar-refractivity contribution in [1.82, 2.24) is 0 Å². The normalized spacial score (nSPS) is 12.5. The first-order chi connectivity index (χ1) is 5.16. The molecule has 0 amide bonds. The van der Waals surface area contributed by atoms with Gasteiger partial charge in [0.05, 0.1) is 0 Å². The van der Waals surface area contributed by atoms with E-state index < -0.39 is 0 Å². The molecule has 0 heterocycles. The van der Waals surface area contributed by atoms with E-state index in [4.69, 9.17) is 16.3 Å². The second-order valence-electron chi connectivity index (χ2n) is 2.86. The zero-order valence-electron chi connectivity index (χ0n) is 7.21. The average molecular weight is 159 g/mol. The van der Waals surface area contributed by atoms with Crippen LogP contribution in [0.1, 0.15) is 20.3 Å². The molecule has 0 saturated carbocycles. The summed E-state index contributed by atoms with van der Waals surface area (Å²) in [7, 11) is 0. The molecule has 0 radical (unpaired) electrons. The van der Waals surface area contributed by atoms with E-state index in [-0.39, 0.29) is 0 Å². The fourth-order valence-electron chi connectivity index (χ4n) is 0.533. The Balaban J connectivity index is 3.15. The lowest BCUT2D eigenvalue weighted by Gasteiger charge is -2.04. The van der Waals surface area contributed by atoms with Crippen molar-refractivity contribution in [2.24, 2.45) is 22.6 Å². The first kappa shape index (κ1) is 10.2. The van der Waals surface area contributed by atoms with Gasteiger partial charge < -0.3 is 16.3 Å². The minimum absolute atomic E-state index is 0.337. The first-order valence-electron chi connectivity index (χ1n) is 3.76. The number of amidine groups is 1. The van der Waals surface area contributed by atoms with E-state index in [0.29, 0.717) is 25.0 Å². The maximum atomic E-state index is 5.29. The molecule has 4 N–H and O–H groups in total. The number of hydrazone groups is 1. The second-order valence-corrected chi connectivity index (χ2v) is 2.86. The van der Waals surface area contributed by atoms with Crippen LogP contribution in [0.15, 0.2) is 5.10 Å². The Morgan fingerprint density at radius 3 is 2.64 bits per heavy atom. The van der Waals surface area contributed by atoms with Gasteiger partial charge in [0.2, 0.25) is 0 Å². The van der Waals surface area contributed by atoms with Crippen LogP contribution < -0.4 is 11.6 Å². The zero-order chi connectivity index (χ0) is 8.69.